The zero-order valence-electron chi connectivity index (χ0n) is 5.19. The van der Waals surface area contributed by atoms with E-state index < -0.39 is 0 Å². The van der Waals surface area contributed by atoms with Gasteiger partial charge in [0.25, 0.3) is 0 Å². The van der Waals surface area contributed by atoms with Crippen LogP contribution in [0.15, 0.2) is 10.7 Å². The molecule has 0 heterocycles. The van der Waals surface area contributed by atoms with E-state index in [1.165, 1.54) is 11.0 Å². The van der Waals surface area contributed by atoms with Gasteiger partial charge in [0.1, 0.15) is 5.76 Å². The maximum atomic E-state index is 5.40. The Morgan fingerprint density at radius 1 is 1.50 bits per heavy atom. The second-order valence-corrected chi connectivity index (χ2v) is 2.62. The van der Waals surface area contributed by atoms with Crippen LogP contribution < -0.4 is 0 Å². The van der Waals surface area contributed by atoms with Crippen LogP contribution in [0.3, 0.4) is 0 Å². The molecule has 8 heavy (non-hydrogen) atoms. The first kappa shape index (κ1) is 8.18. The van der Waals surface area contributed by atoms with Gasteiger partial charge in [-0.05, 0) is 35.5 Å². The van der Waals surface area contributed by atoms with E-state index in [-0.39, 0.29) is 0 Å². The summed E-state index contributed by atoms with van der Waals surface area (Å²) in [6.07, 6.45) is 0. The second kappa shape index (κ2) is 4.10. The van der Waals surface area contributed by atoms with E-state index >= 15 is 0 Å². The van der Waals surface area contributed by atoms with Crippen molar-refractivity contribution in [1.29, 1.82) is 0 Å². The van der Waals surface area contributed by atoms with Crippen LogP contribution in [-0.2, 0) is 4.74 Å². The lowest BCUT2D eigenvalue weighted by atomic mass is 10.5. The molecular formula is C5H9ClOS. The summed E-state index contributed by atoms with van der Waals surface area (Å²) >= 11 is 0. The van der Waals surface area contributed by atoms with E-state index in [2.05, 4.69) is 0 Å². The molecule has 0 aromatic carbocycles. The fourth-order valence-electron chi connectivity index (χ4n) is 0.198. The van der Waals surface area contributed by atoms with E-state index in [4.69, 9.17) is 15.4 Å². The topological polar surface area (TPSA) is 9.23 Å². The SMILES string of the molecule is CO/C(C)=C(/C)SCl. The van der Waals surface area contributed by atoms with Crippen molar-refractivity contribution in [1.82, 2.24) is 0 Å². The Morgan fingerprint density at radius 3 is 2.12 bits per heavy atom. The number of halogens is 1. The van der Waals surface area contributed by atoms with Crippen LogP contribution >= 0.6 is 21.7 Å². The summed E-state index contributed by atoms with van der Waals surface area (Å²) < 4.78 is 4.88. The van der Waals surface area contributed by atoms with Crippen LogP contribution in [0.1, 0.15) is 13.8 Å². The third kappa shape index (κ3) is 2.48. The summed E-state index contributed by atoms with van der Waals surface area (Å²) in [5.41, 5.74) is 0. The Bertz CT molecular complexity index is 88.6. The smallest absolute Gasteiger partial charge is 0.103 e. The average molecular weight is 153 g/mol. The second-order valence-electron chi connectivity index (χ2n) is 1.39. The van der Waals surface area contributed by atoms with Crippen LogP contribution in [0.5, 0.6) is 0 Å². The molecule has 0 spiro atoms. The minimum absolute atomic E-state index is 0.880. The van der Waals surface area contributed by atoms with Crippen LogP contribution in [0.4, 0.5) is 0 Å². The first-order valence-corrected chi connectivity index (χ1v) is 3.86. The van der Waals surface area contributed by atoms with Crippen molar-refractivity contribution >= 4 is 21.7 Å². The quantitative estimate of drug-likeness (QED) is 0.563. The van der Waals surface area contributed by atoms with Crippen molar-refractivity contribution in [3.63, 3.8) is 0 Å². The third-order valence-corrected chi connectivity index (χ3v) is 2.13. The Morgan fingerprint density at radius 2 is 2.00 bits per heavy atom. The highest BCUT2D eigenvalue weighted by Gasteiger charge is 1.92. The van der Waals surface area contributed by atoms with Gasteiger partial charge in [-0.1, -0.05) is 0 Å². The van der Waals surface area contributed by atoms with Crippen LogP contribution in [-0.4, -0.2) is 7.11 Å². The minimum atomic E-state index is 0.880. The molecule has 0 aromatic rings. The first-order valence-electron chi connectivity index (χ1n) is 2.22. The molecule has 0 aromatic heterocycles. The lowest BCUT2D eigenvalue weighted by Crippen LogP contribution is -1.80. The fourth-order valence-corrected chi connectivity index (χ4v) is 0.716. The average Bonchev–Trinajstić information content (AvgIpc) is 1.84. The van der Waals surface area contributed by atoms with Crippen LogP contribution in [0, 0.1) is 0 Å². The van der Waals surface area contributed by atoms with Crippen molar-refractivity contribution in [2.24, 2.45) is 0 Å². The van der Waals surface area contributed by atoms with Gasteiger partial charge in [0.2, 0.25) is 0 Å². The van der Waals surface area contributed by atoms with Gasteiger partial charge in [0, 0.05) is 4.91 Å². The highest BCUT2D eigenvalue weighted by molar-refractivity contribution is 8.24. The summed E-state index contributed by atoms with van der Waals surface area (Å²) in [4.78, 5) is 1.01. The molecule has 0 aliphatic rings. The molecule has 3 heteroatoms. The summed E-state index contributed by atoms with van der Waals surface area (Å²) in [6, 6.07) is 0. The molecular weight excluding hydrogens is 144 g/mol. The fraction of sp³-hybridized carbons (Fsp3) is 0.600. The Kier molecular flexibility index (Phi) is 4.19. The predicted octanol–water partition coefficient (Wildman–Crippen LogP) is 2.77. The van der Waals surface area contributed by atoms with Crippen molar-refractivity contribution < 1.29 is 4.74 Å². The Labute approximate surface area is 58.6 Å². The van der Waals surface area contributed by atoms with Crippen LogP contribution in [0.2, 0.25) is 0 Å². The number of allylic oxidation sites excluding steroid dienone is 2. The maximum Gasteiger partial charge on any atom is 0.103 e. The van der Waals surface area contributed by atoms with Crippen LogP contribution in [0.25, 0.3) is 0 Å². The number of hydrogen-bond acceptors (Lipinski definition) is 2. The van der Waals surface area contributed by atoms with Crippen molar-refractivity contribution in [3.8, 4) is 0 Å². The van der Waals surface area contributed by atoms with Gasteiger partial charge in [-0.25, -0.2) is 0 Å². The van der Waals surface area contributed by atoms with Gasteiger partial charge < -0.3 is 4.74 Å². The first-order chi connectivity index (χ1) is 3.72. The molecule has 0 rings (SSSR count). The standard InChI is InChI=1S/C5H9ClOS/c1-4(7-3)5(2)8-6/h1-3H3/b5-4-. The van der Waals surface area contributed by atoms with Crippen molar-refractivity contribution in [2.45, 2.75) is 13.8 Å². The van der Waals surface area contributed by atoms with E-state index in [1.54, 1.807) is 7.11 Å². The predicted molar refractivity (Wildman–Crippen MR) is 38.8 cm³/mol. The number of ether oxygens (including phenoxy) is 1. The van der Waals surface area contributed by atoms with Gasteiger partial charge in [0.15, 0.2) is 0 Å². The number of rotatable bonds is 2. The molecule has 0 aliphatic heterocycles. The molecule has 0 radical (unpaired) electrons. The minimum Gasteiger partial charge on any atom is -0.501 e. The summed E-state index contributed by atoms with van der Waals surface area (Å²) in [7, 11) is 8.22. The molecule has 0 saturated carbocycles. The Balaban J connectivity index is 3.83. The molecule has 0 fully saturated rings. The molecule has 0 aliphatic carbocycles. The molecule has 0 bridgehead atoms. The van der Waals surface area contributed by atoms with E-state index in [0.717, 1.165) is 10.7 Å². The molecule has 0 unspecified atom stereocenters. The van der Waals surface area contributed by atoms with Gasteiger partial charge in [-0.2, -0.15) is 0 Å². The van der Waals surface area contributed by atoms with Crippen molar-refractivity contribution in [3.05, 3.63) is 10.7 Å². The monoisotopic (exact) mass is 152 g/mol. The normalized spacial score (nSPS) is 13.0. The van der Waals surface area contributed by atoms with Gasteiger partial charge in [0.05, 0.1) is 7.11 Å². The zero-order chi connectivity index (χ0) is 6.57. The van der Waals surface area contributed by atoms with Gasteiger partial charge in [-0.3, -0.25) is 0 Å². The van der Waals surface area contributed by atoms with Crippen molar-refractivity contribution in [2.75, 3.05) is 7.11 Å². The molecule has 0 saturated heterocycles. The largest absolute Gasteiger partial charge is 0.501 e. The molecule has 0 N–H and O–H groups in total. The molecule has 1 nitrogen and oxygen atoms in total. The number of methoxy groups -OCH3 is 1. The van der Waals surface area contributed by atoms with Gasteiger partial charge >= 0.3 is 0 Å². The summed E-state index contributed by atoms with van der Waals surface area (Å²) in [5.74, 6) is 0.880. The summed E-state index contributed by atoms with van der Waals surface area (Å²) in [5, 5.41) is 0. The van der Waals surface area contributed by atoms with E-state index in [1.807, 2.05) is 13.8 Å². The van der Waals surface area contributed by atoms with Gasteiger partial charge in [-0.15, -0.1) is 0 Å². The molecule has 0 atom stereocenters. The lowest BCUT2D eigenvalue weighted by Gasteiger charge is -1.99. The lowest BCUT2D eigenvalue weighted by molar-refractivity contribution is 0.292. The molecule has 0 amide bonds. The zero-order valence-corrected chi connectivity index (χ0v) is 6.77. The highest BCUT2D eigenvalue weighted by Crippen LogP contribution is 2.22. The molecule has 48 valence electrons. The highest BCUT2D eigenvalue weighted by atomic mass is 35.7. The van der Waals surface area contributed by atoms with E-state index in [0.29, 0.717) is 0 Å². The van der Waals surface area contributed by atoms with E-state index in [9.17, 15) is 0 Å². The Hall–Kier alpha value is 0.180. The number of hydrogen-bond donors (Lipinski definition) is 0. The third-order valence-electron chi connectivity index (χ3n) is 0.918. The summed E-state index contributed by atoms with van der Waals surface area (Å²) in [6.45, 7) is 3.79. The maximum absolute atomic E-state index is 5.40.